The largest absolute Gasteiger partial charge is 0.393 e. The number of aryl methyl sites for hydroxylation is 1. The van der Waals surface area contributed by atoms with Gasteiger partial charge in [-0.25, -0.2) is 0 Å². The number of anilines is 1. The summed E-state index contributed by atoms with van der Waals surface area (Å²) >= 11 is 0. The number of aliphatic hydroxyl groups excluding tert-OH is 1. The highest BCUT2D eigenvalue weighted by molar-refractivity contribution is 5.47. The van der Waals surface area contributed by atoms with E-state index in [1.807, 2.05) is 6.92 Å². The van der Waals surface area contributed by atoms with Crippen LogP contribution in [0.1, 0.15) is 18.9 Å². The van der Waals surface area contributed by atoms with E-state index in [9.17, 15) is 5.11 Å². The molecule has 0 unspecified atom stereocenters. The Morgan fingerprint density at radius 3 is 2.47 bits per heavy atom. The van der Waals surface area contributed by atoms with Crippen molar-refractivity contribution in [3.05, 3.63) is 29.8 Å². The van der Waals surface area contributed by atoms with Gasteiger partial charge in [0.1, 0.15) is 0 Å². The second-order valence-electron chi connectivity index (χ2n) is 4.65. The first-order valence-electron chi connectivity index (χ1n) is 6.35. The van der Waals surface area contributed by atoms with Crippen molar-refractivity contribution >= 4 is 5.69 Å². The summed E-state index contributed by atoms with van der Waals surface area (Å²) in [5.74, 6) is 0. The molecule has 0 aliphatic carbocycles. The van der Waals surface area contributed by atoms with Crippen molar-refractivity contribution in [2.24, 2.45) is 0 Å². The average Bonchev–Trinajstić information content (AvgIpc) is 2.38. The van der Waals surface area contributed by atoms with Crippen molar-refractivity contribution in [2.75, 3.05) is 31.2 Å². The fourth-order valence-electron chi connectivity index (χ4n) is 2.07. The molecule has 0 radical (unpaired) electrons. The molecule has 1 aromatic carbocycles. The highest BCUT2D eigenvalue weighted by Crippen LogP contribution is 2.17. The zero-order chi connectivity index (χ0) is 12.1. The summed E-state index contributed by atoms with van der Waals surface area (Å²) in [4.78, 5) is 2.35. The van der Waals surface area contributed by atoms with E-state index in [1.165, 1.54) is 11.3 Å². The molecule has 0 saturated carbocycles. The Morgan fingerprint density at radius 1 is 1.24 bits per heavy atom. The lowest BCUT2D eigenvalue weighted by Gasteiger charge is -2.28. The van der Waals surface area contributed by atoms with Crippen LogP contribution < -0.4 is 4.90 Å². The Bertz CT molecular complexity index is 329. The van der Waals surface area contributed by atoms with E-state index in [4.69, 9.17) is 4.74 Å². The number of rotatable bonds is 4. The van der Waals surface area contributed by atoms with E-state index in [0.29, 0.717) is 0 Å². The highest BCUT2D eigenvalue weighted by Gasteiger charge is 2.10. The third-order valence-corrected chi connectivity index (χ3v) is 3.16. The number of aliphatic hydroxyl groups is 1. The van der Waals surface area contributed by atoms with Gasteiger partial charge in [-0.1, -0.05) is 12.1 Å². The van der Waals surface area contributed by atoms with E-state index in [1.54, 1.807) is 0 Å². The van der Waals surface area contributed by atoms with Crippen LogP contribution in [0.4, 0.5) is 5.69 Å². The molecule has 1 N–H and O–H groups in total. The third kappa shape index (κ3) is 3.72. The molecule has 1 atom stereocenters. The molecular weight excluding hydrogens is 214 g/mol. The third-order valence-electron chi connectivity index (χ3n) is 3.16. The number of benzene rings is 1. The lowest BCUT2D eigenvalue weighted by atomic mass is 10.1. The van der Waals surface area contributed by atoms with Gasteiger partial charge in [0, 0.05) is 18.8 Å². The van der Waals surface area contributed by atoms with Crippen LogP contribution in [0.2, 0.25) is 0 Å². The van der Waals surface area contributed by atoms with Crippen molar-refractivity contribution < 1.29 is 9.84 Å². The van der Waals surface area contributed by atoms with Crippen LogP contribution in [0.5, 0.6) is 0 Å². The van der Waals surface area contributed by atoms with Gasteiger partial charge in [0.2, 0.25) is 0 Å². The zero-order valence-corrected chi connectivity index (χ0v) is 10.4. The minimum absolute atomic E-state index is 0.214. The van der Waals surface area contributed by atoms with Crippen LogP contribution in [0.25, 0.3) is 0 Å². The molecule has 0 amide bonds. The van der Waals surface area contributed by atoms with Crippen LogP contribution in [-0.2, 0) is 11.2 Å². The summed E-state index contributed by atoms with van der Waals surface area (Å²) in [6, 6.07) is 8.66. The van der Waals surface area contributed by atoms with Gasteiger partial charge < -0.3 is 14.7 Å². The first-order valence-corrected chi connectivity index (χ1v) is 6.35. The molecule has 94 valence electrons. The smallest absolute Gasteiger partial charge is 0.0642 e. The molecule has 3 nitrogen and oxygen atoms in total. The number of ether oxygens (including phenoxy) is 1. The zero-order valence-electron chi connectivity index (χ0n) is 10.4. The summed E-state index contributed by atoms with van der Waals surface area (Å²) in [6.45, 7) is 5.44. The first kappa shape index (κ1) is 12.4. The topological polar surface area (TPSA) is 32.7 Å². The number of hydrogen-bond acceptors (Lipinski definition) is 3. The van der Waals surface area contributed by atoms with Crippen molar-refractivity contribution in [3.63, 3.8) is 0 Å². The molecule has 17 heavy (non-hydrogen) atoms. The van der Waals surface area contributed by atoms with Gasteiger partial charge in [-0.05, 0) is 37.5 Å². The number of nitrogens with zero attached hydrogens (tertiary/aromatic N) is 1. The molecule has 1 heterocycles. The standard InChI is InChI=1S/C14H21NO2/c1-12(16)2-3-13-4-6-14(7-5-13)15-8-10-17-11-9-15/h4-7,12,16H,2-3,8-11H2,1H3/t12-/m1/s1. The van der Waals surface area contributed by atoms with Crippen LogP contribution >= 0.6 is 0 Å². The molecule has 0 spiro atoms. The van der Waals surface area contributed by atoms with Crippen LogP contribution in [0, 0.1) is 0 Å². The SMILES string of the molecule is C[C@@H](O)CCc1ccc(N2CCOCC2)cc1. The van der Waals surface area contributed by atoms with Crippen molar-refractivity contribution in [3.8, 4) is 0 Å². The quantitative estimate of drug-likeness (QED) is 0.864. The fourth-order valence-corrected chi connectivity index (χ4v) is 2.07. The fraction of sp³-hybridized carbons (Fsp3) is 0.571. The summed E-state index contributed by atoms with van der Waals surface area (Å²) in [7, 11) is 0. The normalized spacial score (nSPS) is 18.1. The van der Waals surface area contributed by atoms with Gasteiger partial charge in [0.05, 0.1) is 19.3 Å². The molecule has 1 fully saturated rings. The molecule has 3 heteroatoms. The first-order chi connectivity index (χ1) is 8.25. The summed E-state index contributed by atoms with van der Waals surface area (Å²) in [5, 5.41) is 9.25. The second kappa shape index (κ2) is 6.03. The predicted octanol–water partition coefficient (Wildman–Crippen LogP) is 1.84. The Kier molecular flexibility index (Phi) is 4.40. The summed E-state index contributed by atoms with van der Waals surface area (Å²) < 4.78 is 5.34. The highest BCUT2D eigenvalue weighted by atomic mass is 16.5. The minimum Gasteiger partial charge on any atom is -0.393 e. The van der Waals surface area contributed by atoms with E-state index in [-0.39, 0.29) is 6.10 Å². The Balaban J connectivity index is 1.92. The Hall–Kier alpha value is -1.06. The lowest BCUT2D eigenvalue weighted by Crippen LogP contribution is -2.36. The van der Waals surface area contributed by atoms with Crippen LogP contribution in [0.15, 0.2) is 24.3 Å². The second-order valence-corrected chi connectivity index (χ2v) is 4.65. The van der Waals surface area contributed by atoms with Crippen LogP contribution in [-0.4, -0.2) is 37.5 Å². The van der Waals surface area contributed by atoms with Gasteiger partial charge in [-0.2, -0.15) is 0 Å². The van der Waals surface area contributed by atoms with Crippen molar-refractivity contribution in [1.29, 1.82) is 0 Å². The molecule has 1 aliphatic heterocycles. The average molecular weight is 235 g/mol. The molecule has 0 aromatic heterocycles. The van der Waals surface area contributed by atoms with Gasteiger partial charge in [0.15, 0.2) is 0 Å². The maximum Gasteiger partial charge on any atom is 0.0642 e. The molecule has 1 aliphatic rings. The predicted molar refractivity (Wildman–Crippen MR) is 69.5 cm³/mol. The number of hydrogen-bond donors (Lipinski definition) is 1. The van der Waals surface area contributed by atoms with Crippen molar-refractivity contribution in [2.45, 2.75) is 25.9 Å². The summed E-state index contributed by atoms with van der Waals surface area (Å²) in [6.07, 6.45) is 1.56. The van der Waals surface area contributed by atoms with E-state index in [0.717, 1.165) is 39.1 Å². The molecule has 0 bridgehead atoms. The molecule has 2 rings (SSSR count). The van der Waals surface area contributed by atoms with E-state index in [2.05, 4.69) is 29.2 Å². The van der Waals surface area contributed by atoms with Gasteiger partial charge >= 0.3 is 0 Å². The van der Waals surface area contributed by atoms with Crippen LogP contribution in [0.3, 0.4) is 0 Å². The monoisotopic (exact) mass is 235 g/mol. The van der Waals surface area contributed by atoms with E-state index < -0.39 is 0 Å². The van der Waals surface area contributed by atoms with Crippen molar-refractivity contribution in [1.82, 2.24) is 0 Å². The number of morpholine rings is 1. The van der Waals surface area contributed by atoms with E-state index >= 15 is 0 Å². The Morgan fingerprint density at radius 2 is 1.88 bits per heavy atom. The van der Waals surface area contributed by atoms with Gasteiger partial charge in [0.25, 0.3) is 0 Å². The maximum absolute atomic E-state index is 9.25. The van der Waals surface area contributed by atoms with Gasteiger partial charge in [-0.15, -0.1) is 0 Å². The lowest BCUT2D eigenvalue weighted by molar-refractivity contribution is 0.122. The summed E-state index contributed by atoms with van der Waals surface area (Å²) in [5.41, 5.74) is 2.57. The molecule has 1 aromatic rings. The van der Waals surface area contributed by atoms with Gasteiger partial charge in [-0.3, -0.25) is 0 Å². The molecule has 1 saturated heterocycles. The maximum atomic E-state index is 9.25. The molecular formula is C14H21NO2. The minimum atomic E-state index is -0.214. The Labute approximate surface area is 103 Å².